The van der Waals surface area contributed by atoms with E-state index in [9.17, 15) is 0 Å². The fourth-order valence-electron chi connectivity index (χ4n) is 3.33. The summed E-state index contributed by atoms with van der Waals surface area (Å²) in [6, 6.07) is 0. The van der Waals surface area contributed by atoms with Crippen molar-refractivity contribution in [3.05, 3.63) is 12.2 Å². The lowest BCUT2D eigenvalue weighted by atomic mass is 9.68. The van der Waals surface area contributed by atoms with E-state index in [0.29, 0.717) is 6.10 Å². The zero-order valence-corrected chi connectivity index (χ0v) is 6.86. The van der Waals surface area contributed by atoms with E-state index in [1.54, 1.807) is 0 Å². The van der Waals surface area contributed by atoms with Crippen molar-refractivity contribution in [1.29, 1.82) is 0 Å². The third-order valence-corrected chi connectivity index (χ3v) is 3.96. The van der Waals surface area contributed by atoms with E-state index >= 15 is 0 Å². The van der Waals surface area contributed by atoms with E-state index in [2.05, 4.69) is 12.2 Å². The topological polar surface area (TPSA) is 9.23 Å². The normalized spacial score (nSPS) is 57.7. The Morgan fingerprint density at radius 2 is 1.64 bits per heavy atom. The Bertz CT molecular complexity index is 189. The largest absolute Gasteiger partial charge is 0.380 e. The van der Waals surface area contributed by atoms with Gasteiger partial charge in [-0.15, -0.1) is 0 Å². The van der Waals surface area contributed by atoms with E-state index in [-0.39, 0.29) is 0 Å². The van der Waals surface area contributed by atoms with Crippen LogP contribution in [0.1, 0.15) is 12.8 Å². The van der Waals surface area contributed by atoms with Crippen molar-refractivity contribution in [3.63, 3.8) is 0 Å². The highest BCUT2D eigenvalue weighted by molar-refractivity contribution is 5.21. The van der Waals surface area contributed by atoms with Crippen LogP contribution in [-0.2, 0) is 4.74 Å². The minimum atomic E-state index is 0.549. The molecular weight excluding hydrogens is 136 g/mol. The first-order valence-electron chi connectivity index (χ1n) is 4.63. The molecule has 2 bridgehead atoms. The maximum atomic E-state index is 5.52. The number of hydrogen-bond donors (Lipinski definition) is 0. The first-order chi connectivity index (χ1) is 5.42. The Balaban J connectivity index is 1.94. The van der Waals surface area contributed by atoms with Crippen LogP contribution in [0.15, 0.2) is 12.2 Å². The second kappa shape index (κ2) is 1.89. The lowest BCUT2D eigenvalue weighted by Crippen LogP contribution is -2.28. The average molecular weight is 150 g/mol. The molecule has 60 valence electrons. The van der Waals surface area contributed by atoms with Gasteiger partial charge in [0, 0.05) is 18.9 Å². The third-order valence-electron chi connectivity index (χ3n) is 3.96. The van der Waals surface area contributed by atoms with E-state index in [1.807, 2.05) is 7.11 Å². The van der Waals surface area contributed by atoms with Crippen LogP contribution in [-0.4, -0.2) is 13.2 Å². The van der Waals surface area contributed by atoms with Gasteiger partial charge in [0.1, 0.15) is 0 Å². The summed E-state index contributed by atoms with van der Waals surface area (Å²) in [6.07, 6.45) is 8.23. The first kappa shape index (κ1) is 6.24. The lowest BCUT2D eigenvalue weighted by molar-refractivity contribution is 0.0687. The highest BCUT2D eigenvalue weighted by atomic mass is 16.5. The van der Waals surface area contributed by atoms with Gasteiger partial charge in [0.15, 0.2) is 0 Å². The molecule has 0 aromatic rings. The predicted molar refractivity (Wildman–Crippen MR) is 43.1 cm³/mol. The first-order valence-corrected chi connectivity index (χ1v) is 4.63. The van der Waals surface area contributed by atoms with Crippen molar-refractivity contribution >= 4 is 0 Å². The number of hydrogen-bond acceptors (Lipinski definition) is 1. The van der Waals surface area contributed by atoms with Crippen molar-refractivity contribution in [1.82, 2.24) is 0 Å². The van der Waals surface area contributed by atoms with Crippen molar-refractivity contribution in [2.45, 2.75) is 18.9 Å². The number of fused-ring (bicyclic) bond motifs is 5. The molecule has 0 spiro atoms. The molecular formula is C10H14O. The maximum Gasteiger partial charge on any atom is 0.0701 e. The van der Waals surface area contributed by atoms with Crippen LogP contribution < -0.4 is 0 Å². The van der Waals surface area contributed by atoms with Gasteiger partial charge in [-0.1, -0.05) is 12.2 Å². The molecule has 11 heavy (non-hydrogen) atoms. The zero-order valence-electron chi connectivity index (χ0n) is 6.86. The summed E-state index contributed by atoms with van der Waals surface area (Å²) in [5.41, 5.74) is 0. The minimum absolute atomic E-state index is 0.549. The van der Waals surface area contributed by atoms with Crippen LogP contribution in [0, 0.1) is 23.7 Å². The standard InChI is InChI=1S/C10H14O/c1-11-10-8-4-5-9(10)7-3-2-6(7)8/h4-10H,2-3H2,1H3. The molecule has 0 heterocycles. The predicted octanol–water partition coefficient (Wildman–Crippen LogP) is 1.84. The van der Waals surface area contributed by atoms with Gasteiger partial charge in [-0.3, -0.25) is 0 Å². The molecule has 4 atom stereocenters. The molecule has 0 radical (unpaired) electrons. The molecule has 3 aliphatic carbocycles. The zero-order chi connectivity index (χ0) is 7.42. The highest BCUT2D eigenvalue weighted by Crippen LogP contribution is 2.58. The Morgan fingerprint density at radius 1 is 1.09 bits per heavy atom. The Morgan fingerprint density at radius 3 is 2.00 bits per heavy atom. The summed E-state index contributed by atoms with van der Waals surface area (Å²) < 4.78 is 5.52. The summed E-state index contributed by atoms with van der Waals surface area (Å²) in [4.78, 5) is 0. The van der Waals surface area contributed by atoms with Crippen LogP contribution in [0.2, 0.25) is 0 Å². The van der Waals surface area contributed by atoms with Crippen molar-refractivity contribution in [3.8, 4) is 0 Å². The smallest absolute Gasteiger partial charge is 0.0701 e. The number of rotatable bonds is 1. The van der Waals surface area contributed by atoms with E-state index in [1.165, 1.54) is 12.8 Å². The van der Waals surface area contributed by atoms with E-state index in [0.717, 1.165) is 23.7 Å². The van der Waals surface area contributed by atoms with Crippen molar-refractivity contribution in [2.24, 2.45) is 23.7 Å². The summed E-state index contributed by atoms with van der Waals surface area (Å²) in [5.74, 6) is 3.55. The maximum absolute atomic E-state index is 5.52. The Labute approximate surface area is 67.4 Å². The lowest BCUT2D eigenvalue weighted by Gasteiger charge is -2.36. The van der Waals surface area contributed by atoms with Crippen LogP contribution in [0.25, 0.3) is 0 Å². The Hall–Kier alpha value is -0.300. The summed E-state index contributed by atoms with van der Waals surface area (Å²) in [6.45, 7) is 0. The van der Waals surface area contributed by atoms with Gasteiger partial charge in [0.2, 0.25) is 0 Å². The minimum Gasteiger partial charge on any atom is -0.380 e. The van der Waals surface area contributed by atoms with Gasteiger partial charge in [0.05, 0.1) is 6.10 Å². The molecule has 1 nitrogen and oxygen atoms in total. The second-order valence-corrected chi connectivity index (χ2v) is 4.14. The fourth-order valence-corrected chi connectivity index (χ4v) is 3.33. The molecule has 1 heteroatoms. The van der Waals surface area contributed by atoms with Crippen LogP contribution in [0.4, 0.5) is 0 Å². The van der Waals surface area contributed by atoms with Gasteiger partial charge in [0.25, 0.3) is 0 Å². The van der Waals surface area contributed by atoms with E-state index in [4.69, 9.17) is 4.74 Å². The summed E-state index contributed by atoms with van der Waals surface area (Å²) >= 11 is 0. The van der Waals surface area contributed by atoms with Gasteiger partial charge in [-0.05, 0) is 24.7 Å². The van der Waals surface area contributed by atoms with Crippen LogP contribution in [0.5, 0.6) is 0 Å². The third kappa shape index (κ3) is 0.572. The second-order valence-electron chi connectivity index (χ2n) is 4.14. The fraction of sp³-hybridized carbons (Fsp3) is 0.800. The van der Waals surface area contributed by atoms with Gasteiger partial charge in [-0.2, -0.15) is 0 Å². The monoisotopic (exact) mass is 150 g/mol. The van der Waals surface area contributed by atoms with Crippen LogP contribution in [0.3, 0.4) is 0 Å². The SMILES string of the molecule is COC1C2C=CC1C1CCC21. The highest BCUT2D eigenvalue weighted by Gasteiger charge is 2.55. The van der Waals surface area contributed by atoms with Gasteiger partial charge < -0.3 is 4.74 Å². The van der Waals surface area contributed by atoms with E-state index < -0.39 is 0 Å². The molecule has 0 aromatic heterocycles. The van der Waals surface area contributed by atoms with Crippen molar-refractivity contribution < 1.29 is 4.74 Å². The molecule has 4 unspecified atom stereocenters. The molecule has 2 saturated carbocycles. The number of methoxy groups -OCH3 is 1. The Kier molecular flexibility index (Phi) is 1.07. The average Bonchev–Trinajstić information content (AvgIpc) is 2.37. The summed E-state index contributed by atoms with van der Waals surface area (Å²) in [5, 5.41) is 0. The molecule has 3 rings (SSSR count). The molecule has 0 aromatic carbocycles. The van der Waals surface area contributed by atoms with Crippen LogP contribution >= 0.6 is 0 Å². The molecule has 0 amide bonds. The van der Waals surface area contributed by atoms with Gasteiger partial charge >= 0.3 is 0 Å². The number of ether oxygens (including phenoxy) is 1. The molecule has 2 fully saturated rings. The summed E-state index contributed by atoms with van der Waals surface area (Å²) in [7, 11) is 1.86. The molecule has 3 aliphatic rings. The van der Waals surface area contributed by atoms with Crippen molar-refractivity contribution in [2.75, 3.05) is 7.11 Å². The molecule has 0 aliphatic heterocycles. The van der Waals surface area contributed by atoms with Gasteiger partial charge in [-0.25, -0.2) is 0 Å². The molecule has 0 N–H and O–H groups in total. The molecule has 0 saturated heterocycles. The quantitative estimate of drug-likeness (QED) is 0.518.